The molecule has 0 fully saturated rings. The first-order chi connectivity index (χ1) is 9.72. The van der Waals surface area contributed by atoms with E-state index in [-0.39, 0.29) is 0 Å². The van der Waals surface area contributed by atoms with E-state index in [0.717, 1.165) is 35.7 Å². The van der Waals surface area contributed by atoms with Crippen LogP contribution < -0.4 is 4.74 Å². The normalized spacial score (nSPS) is 10.6. The van der Waals surface area contributed by atoms with E-state index in [9.17, 15) is 0 Å². The van der Waals surface area contributed by atoms with Gasteiger partial charge in [0.15, 0.2) is 0 Å². The second-order valence-electron chi connectivity index (χ2n) is 4.72. The zero-order valence-corrected chi connectivity index (χ0v) is 12.6. The van der Waals surface area contributed by atoms with Gasteiger partial charge < -0.3 is 9.47 Å². The predicted molar refractivity (Wildman–Crippen MR) is 82.8 cm³/mol. The van der Waals surface area contributed by atoms with E-state index in [4.69, 9.17) is 21.1 Å². The molecule has 0 aliphatic rings. The van der Waals surface area contributed by atoms with Crippen molar-refractivity contribution < 1.29 is 9.47 Å². The zero-order valence-electron chi connectivity index (χ0n) is 11.9. The molecule has 0 radical (unpaired) electrons. The molecular weight excluding hydrogens is 272 g/mol. The molecule has 2 aromatic rings. The number of ether oxygens (including phenoxy) is 2. The van der Waals surface area contributed by atoms with Gasteiger partial charge in [-0.05, 0) is 48.2 Å². The molecule has 0 amide bonds. The Balaban J connectivity index is 2.06. The van der Waals surface area contributed by atoms with Crippen molar-refractivity contribution in [3.63, 3.8) is 0 Å². The summed E-state index contributed by atoms with van der Waals surface area (Å²) < 4.78 is 11.0. The van der Waals surface area contributed by atoms with Crippen LogP contribution in [0.25, 0.3) is 0 Å². The van der Waals surface area contributed by atoms with Gasteiger partial charge in [0.1, 0.15) is 11.5 Å². The van der Waals surface area contributed by atoms with Crippen LogP contribution in [-0.4, -0.2) is 13.7 Å². The molecule has 0 aromatic heterocycles. The second-order valence-corrected chi connectivity index (χ2v) is 4.99. The van der Waals surface area contributed by atoms with Gasteiger partial charge in [0.2, 0.25) is 0 Å². The fourth-order valence-electron chi connectivity index (χ4n) is 1.98. The molecule has 20 heavy (non-hydrogen) atoms. The number of halogens is 1. The topological polar surface area (TPSA) is 18.5 Å². The maximum absolute atomic E-state index is 5.89. The van der Waals surface area contributed by atoms with Gasteiger partial charge in [-0.1, -0.05) is 24.3 Å². The Bertz CT molecular complexity index is 549. The van der Waals surface area contributed by atoms with E-state index >= 15 is 0 Å². The first kappa shape index (κ1) is 14.9. The minimum absolute atomic E-state index is 0.523. The Hall–Kier alpha value is -1.51. The molecule has 0 spiro atoms. The Morgan fingerprint density at radius 2 is 1.70 bits per heavy atom. The summed E-state index contributed by atoms with van der Waals surface area (Å²) in [6.45, 7) is 2.76. The van der Waals surface area contributed by atoms with E-state index in [1.165, 1.54) is 5.56 Å². The summed E-state index contributed by atoms with van der Waals surface area (Å²) >= 11 is 5.82. The first-order valence-corrected chi connectivity index (χ1v) is 7.17. The van der Waals surface area contributed by atoms with Gasteiger partial charge in [-0.15, -0.1) is 11.6 Å². The van der Waals surface area contributed by atoms with Crippen LogP contribution in [-0.2, 0) is 17.0 Å². The minimum Gasteiger partial charge on any atom is -0.457 e. The van der Waals surface area contributed by atoms with Crippen LogP contribution in [0.15, 0.2) is 42.5 Å². The molecule has 0 aliphatic heterocycles. The number of alkyl halides is 1. The molecule has 2 aromatic carbocycles. The maximum Gasteiger partial charge on any atom is 0.130 e. The van der Waals surface area contributed by atoms with Crippen molar-refractivity contribution in [3.05, 3.63) is 59.2 Å². The number of rotatable bonds is 6. The van der Waals surface area contributed by atoms with E-state index in [1.807, 2.05) is 31.2 Å². The lowest BCUT2D eigenvalue weighted by molar-refractivity contribution is 0.202. The summed E-state index contributed by atoms with van der Waals surface area (Å²) in [7, 11) is 1.71. The van der Waals surface area contributed by atoms with Gasteiger partial charge in [0.05, 0.1) is 6.61 Å². The molecule has 0 aliphatic carbocycles. The van der Waals surface area contributed by atoms with E-state index in [2.05, 4.69) is 18.2 Å². The third-order valence-electron chi connectivity index (χ3n) is 3.14. The van der Waals surface area contributed by atoms with Gasteiger partial charge in [0.25, 0.3) is 0 Å². The van der Waals surface area contributed by atoms with E-state index < -0.39 is 0 Å². The lowest BCUT2D eigenvalue weighted by atomic mass is 10.1. The molecule has 0 bridgehead atoms. The fourth-order valence-corrected chi connectivity index (χ4v) is 2.15. The van der Waals surface area contributed by atoms with E-state index in [1.54, 1.807) is 7.11 Å². The molecule has 2 nitrogen and oxygen atoms in total. The van der Waals surface area contributed by atoms with Gasteiger partial charge >= 0.3 is 0 Å². The van der Waals surface area contributed by atoms with Gasteiger partial charge in [0, 0.05) is 13.0 Å². The highest BCUT2D eigenvalue weighted by Gasteiger charge is 2.03. The number of hydrogen-bond donors (Lipinski definition) is 0. The molecule has 0 saturated heterocycles. The van der Waals surface area contributed by atoms with Crippen molar-refractivity contribution >= 4 is 11.6 Å². The Kier molecular flexibility index (Phi) is 5.45. The summed E-state index contributed by atoms with van der Waals surface area (Å²) in [5.41, 5.74) is 3.44. The Labute approximate surface area is 125 Å². The van der Waals surface area contributed by atoms with Crippen molar-refractivity contribution in [1.82, 2.24) is 0 Å². The van der Waals surface area contributed by atoms with Gasteiger partial charge in [-0.2, -0.15) is 0 Å². The molecule has 2 rings (SSSR count). The molecule has 0 heterocycles. The molecule has 0 N–H and O–H groups in total. The van der Waals surface area contributed by atoms with Crippen LogP contribution in [0.1, 0.15) is 16.7 Å². The Morgan fingerprint density at radius 1 is 1.00 bits per heavy atom. The minimum atomic E-state index is 0.523. The number of benzene rings is 2. The van der Waals surface area contributed by atoms with E-state index in [0.29, 0.717) is 5.88 Å². The van der Waals surface area contributed by atoms with Gasteiger partial charge in [-0.3, -0.25) is 0 Å². The molecule has 0 unspecified atom stereocenters. The molecular formula is C17H19ClO2. The summed E-state index contributed by atoms with van der Waals surface area (Å²) in [4.78, 5) is 0. The third-order valence-corrected chi connectivity index (χ3v) is 3.45. The maximum atomic E-state index is 5.89. The zero-order chi connectivity index (χ0) is 14.4. The molecule has 0 saturated carbocycles. The largest absolute Gasteiger partial charge is 0.457 e. The van der Waals surface area contributed by atoms with Crippen molar-refractivity contribution in [2.45, 2.75) is 19.2 Å². The summed E-state index contributed by atoms with van der Waals surface area (Å²) in [5, 5.41) is 0. The first-order valence-electron chi connectivity index (χ1n) is 6.64. The summed E-state index contributed by atoms with van der Waals surface area (Å²) in [6.07, 6.45) is 0.917. The number of aryl methyl sites for hydroxylation is 1. The fraction of sp³-hybridized carbons (Fsp3) is 0.294. The molecule has 0 atom stereocenters. The lowest BCUT2D eigenvalue weighted by Gasteiger charge is -2.10. The average Bonchev–Trinajstić information content (AvgIpc) is 2.48. The quantitative estimate of drug-likeness (QED) is 0.717. The van der Waals surface area contributed by atoms with Crippen molar-refractivity contribution in [2.75, 3.05) is 13.7 Å². The summed E-state index contributed by atoms with van der Waals surface area (Å²) in [5.74, 6) is 2.23. The second kappa shape index (κ2) is 7.32. The predicted octanol–water partition coefficient (Wildman–Crippen LogP) is 4.72. The van der Waals surface area contributed by atoms with Gasteiger partial charge in [-0.25, -0.2) is 0 Å². The number of hydrogen-bond acceptors (Lipinski definition) is 2. The van der Waals surface area contributed by atoms with Crippen LogP contribution in [0.2, 0.25) is 0 Å². The average molecular weight is 291 g/mol. The Morgan fingerprint density at radius 3 is 2.30 bits per heavy atom. The lowest BCUT2D eigenvalue weighted by Crippen LogP contribution is -1.94. The van der Waals surface area contributed by atoms with Crippen LogP contribution in [0.5, 0.6) is 11.5 Å². The standard InChI is InChI=1S/C17H19ClO2/c1-13-11-15(12-18)5-8-17(13)20-16-6-3-14(4-7-16)9-10-19-2/h3-8,11H,9-10,12H2,1-2H3. The SMILES string of the molecule is COCCc1ccc(Oc2ccc(CCl)cc2C)cc1. The van der Waals surface area contributed by atoms with Crippen LogP contribution >= 0.6 is 11.6 Å². The highest BCUT2D eigenvalue weighted by molar-refractivity contribution is 6.17. The van der Waals surface area contributed by atoms with Crippen LogP contribution in [0.3, 0.4) is 0 Å². The molecule has 106 valence electrons. The van der Waals surface area contributed by atoms with Crippen LogP contribution in [0.4, 0.5) is 0 Å². The van der Waals surface area contributed by atoms with Crippen molar-refractivity contribution in [1.29, 1.82) is 0 Å². The number of methoxy groups -OCH3 is 1. The van der Waals surface area contributed by atoms with Crippen molar-refractivity contribution in [2.24, 2.45) is 0 Å². The monoisotopic (exact) mass is 290 g/mol. The van der Waals surface area contributed by atoms with Crippen molar-refractivity contribution in [3.8, 4) is 11.5 Å². The summed E-state index contributed by atoms with van der Waals surface area (Å²) in [6, 6.07) is 14.1. The molecule has 3 heteroatoms. The highest BCUT2D eigenvalue weighted by Crippen LogP contribution is 2.26. The smallest absolute Gasteiger partial charge is 0.130 e. The highest BCUT2D eigenvalue weighted by atomic mass is 35.5. The third kappa shape index (κ3) is 3.99. The van der Waals surface area contributed by atoms with Crippen LogP contribution in [0, 0.1) is 6.92 Å².